The first kappa shape index (κ1) is 8.21. The highest BCUT2D eigenvalue weighted by Crippen LogP contribution is 2.17. The van der Waals surface area contributed by atoms with Crippen LogP contribution in [0, 0.1) is 5.41 Å². The Morgan fingerprint density at radius 3 is 2.27 bits per heavy atom. The minimum absolute atomic E-state index is 0.500. The second-order valence-corrected chi connectivity index (χ2v) is 3.17. The maximum atomic E-state index is 9.59. The molecular weight excluding hydrogens is 138 g/mol. The SMILES string of the molecule is CC1(O)C/C=C\C(=N)/C=C\C1. The lowest BCUT2D eigenvalue weighted by Crippen LogP contribution is -2.22. The molecule has 0 aromatic heterocycles. The van der Waals surface area contributed by atoms with Crippen LogP contribution in [0.4, 0.5) is 0 Å². The van der Waals surface area contributed by atoms with Crippen molar-refractivity contribution in [2.45, 2.75) is 25.4 Å². The number of rotatable bonds is 0. The predicted octanol–water partition coefficient (Wildman–Crippen LogP) is 1.66. The summed E-state index contributed by atoms with van der Waals surface area (Å²) in [6.45, 7) is 1.80. The number of aliphatic hydroxyl groups is 1. The molecule has 0 spiro atoms. The Kier molecular flexibility index (Phi) is 2.25. The molecule has 1 aliphatic carbocycles. The molecule has 0 saturated heterocycles. The standard InChI is InChI=1S/C9H13NO/c1-9(11)6-2-4-8(10)5-3-7-9/h2-5,10-11H,6-7H2,1H3/b4-2-,5-3-,10-8?. The first-order valence-electron chi connectivity index (χ1n) is 3.74. The predicted molar refractivity (Wildman–Crippen MR) is 45.9 cm³/mol. The Balaban J connectivity index is 2.70. The molecule has 0 atom stereocenters. The van der Waals surface area contributed by atoms with Crippen molar-refractivity contribution >= 4 is 5.71 Å². The van der Waals surface area contributed by atoms with E-state index in [9.17, 15) is 5.11 Å². The van der Waals surface area contributed by atoms with E-state index in [0.29, 0.717) is 18.6 Å². The van der Waals surface area contributed by atoms with Gasteiger partial charge in [0.25, 0.3) is 0 Å². The van der Waals surface area contributed by atoms with Gasteiger partial charge in [-0.15, -0.1) is 0 Å². The van der Waals surface area contributed by atoms with Crippen LogP contribution in [0.25, 0.3) is 0 Å². The van der Waals surface area contributed by atoms with E-state index in [2.05, 4.69) is 0 Å². The van der Waals surface area contributed by atoms with Crippen LogP contribution in [-0.2, 0) is 0 Å². The molecule has 2 N–H and O–H groups in total. The second kappa shape index (κ2) is 3.01. The van der Waals surface area contributed by atoms with E-state index in [1.54, 1.807) is 19.1 Å². The van der Waals surface area contributed by atoms with Crippen molar-refractivity contribution in [2.75, 3.05) is 0 Å². The lowest BCUT2D eigenvalue weighted by molar-refractivity contribution is 0.0664. The molecule has 0 bridgehead atoms. The van der Waals surface area contributed by atoms with Crippen LogP contribution in [0.1, 0.15) is 19.8 Å². The van der Waals surface area contributed by atoms with Crippen LogP contribution in [0.5, 0.6) is 0 Å². The van der Waals surface area contributed by atoms with Gasteiger partial charge in [0.1, 0.15) is 0 Å². The van der Waals surface area contributed by atoms with Crippen molar-refractivity contribution in [3.05, 3.63) is 24.3 Å². The molecule has 2 heteroatoms. The van der Waals surface area contributed by atoms with Crippen LogP contribution in [0.3, 0.4) is 0 Å². The summed E-state index contributed by atoms with van der Waals surface area (Å²) >= 11 is 0. The van der Waals surface area contributed by atoms with E-state index in [0.717, 1.165) is 0 Å². The van der Waals surface area contributed by atoms with Crippen LogP contribution in [-0.4, -0.2) is 16.4 Å². The van der Waals surface area contributed by atoms with Gasteiger partial charge in [0.15, 0.2) is 0 Å². The third-order valence-corrected chi connectivity index (χ3v) is 1.71. The Morgan fingerprint density at radius 2 is 1.82 bits per heavy atom. The van der Waals surface area contributed by atoms with Gasteiger partial charge in [0, 0.05) is 0 Å². The Morgan fingerprint density at radius 1 is 1.36 bits per heavy atom. The van der Waals surface area contributed by atoms with E-state index in [1.165, 1.54) is 0 Å². The molecule has 60 valence electrons. The summed E-state index contributed by atoms with van der Waals surface area (Å²) in [5.74, 6) is 0. The quantitative estimate of drug-likeness (QED) is 0.543. The van der Waals surface area contributed by atoms with Crippen molar-refractivity contribution in [1.29, 1.82) is 5.41 Å². The van der Waals surface area contributed by atoms with Gasteiger partial charge in [0.2, 0.25) is 0 Å². The highest BCUT2D eigenvalue weighted by molar-refractivity contribution is 6.01. The van der Waals surface area contributed by atoms with Gasteiger partial charge in [-0.1, -0.05) is 12.2 Å². The maximum Gasteiger partial charge on any atom is 0.0688 e. The molecule has 1 aliphatic rings. The molecule has 0 unspecified atom stereocenters. The molecule has 0 heterocycles. The molecule has 0 aromatic carbocycles. The fraction of sp³-hybridized carbons (Fsp3) is 0.444. The lowest BCUT2D eigenvalue weighted by Gasteiger charge is -2.20. The first-order chi connectivity index (χ1) is 5.10. The normalized spacial score (nSPS) is 37.5. The Hall–Kier alpha value is -0.890. The molecule has 0 aromatic rings. The molecular formula is C9H13NO. The molecule has 0 radical (unpaired) electrons. The van der Waals surface area contributed by atoms with E-state index in [1.807, 2.05) is 12.2 Å². The average Bonchev–Trinajstić information content (AvgIpc) is 1.83. The van der Waals surface area contributed by atoms with Crippen molar-refractivity contribution in [3.63, 3.8) is 0 Å². The van der Waals surface area contributed by atoms with Gasteiger partial charge in [-0.2, -0.15) is 0 Å². The van der Waals surface area contributed by atoms with Crippen molar-refractivity contribution < 1.29 is 5.11 Å². The highest BCUT2D eigenvalue weighted by Gasteiger charge is 2.16. The van der Waals surface area contributed by atoms with Crippen LogP contribution in [0.15, 0.2) is 24.3 Å². The van der Waals surface area contributed by atoms with E-state index in [4.69, 9.17) is 5.41 Å². The van der Waals surface area contributed by atoms with Crippen LogP contribution in [0.2, 0.25) is 0 Å². The topological polar surface area (TPSA) is 44.1 Å². The van der Waals surface area contributed by atoms with E-state index in [-0.39, 0.29) is 0 Å². The fourth-order valence-electron chi connectivity index (χ4n) is 1.02. The minimum Gasteiger partial charge on any atom is -0.390 e. The van der Waals surface area contributed by atoms with Gasteiger partial charge in [-0.05, 0) is 31.9 Å². The number of hydrogen-bond acceptors (Lipinski definition) is 2. The van der Waals surface area contributed by atoms with Crippen molar-refractivity contribution in [3.8, 4) is 0 Å². The first-order valence-corrected chi connectivity index (χ1v) is 3.74. The van der Waals surface area contributed by atoms with Gasteiger partial charge in [-0.25, -0.2) is 0 Å². The summed E-state index contributed by atoms with van der Waals surface area (Å²) in [7, 11) is 0. The van der Waals surface area contributed by atoms with E-state index < -0.39 is 5.60 Å². The zero-order valence-electron chi connectivity index (χ0n) is 6.67. The zero-order chi connectivity index (χ0) is 8.32. The summed E-state index contributed by atoms with van der Waals surface area (Å²) in [5.41, 5.74) is -0.131. The second-order valence-electron chi connectivity index (χ2n) is 3.17. The van der Waals surface area contributed by atoms with Crippen molar-refractivity contribution in [1.82, 2.24) is 0 Å². The summed E-state index contributed by atoms with van der Waals surface area (Å²) in [5, 5.41) is 16.9. The molecule has 0 saturated carbocycles. The van der Waals surface area contributed by atoms with Gasteiger partial charge < -0.3 is 10.5 Å². The molecule has 1 rings (SSSR count). The summed E-state index contributed by atoms with van der Waals surface area (Å²) in [6.07, 6.45) is 8.35. The van der Waals surface area contributed by atoms with Crippen LogP contribution >= 0.6 is 0 Å². The Labute approximate surface area is 66.8 Å². The van der Waals surface area contributed by atoms with Gasteiger partial charge >= 0.3 is 0 Å². The molecule has 11 heavy (non-hydrogen) atoms. The van der Waals surface area contributed by atoms with Crippen molar-refractivity contribution in [2.24, 2.45) is 0 Å². The largest absolute Gasteiger partial charge is 0.390 e. The Bertz CT molecular complexity index is 194. The molecule has 2 nitrogen and oxygen atoms in total. The summed E-state index contributed by atoms with van der Waals surface area (Å²) < 4.78 is 0. The highest BCUT2D eigenvalue weighted by atomic mass is 16.3. The summed E-state index contributed by atoms with van der Waals surface area (Å²) in [6, 6.07) is 0. The van der Waals surface area contributed by atoms with Gasteiger partial charge in [0.05, 0.1) is 11.3 Å². The average molecular weight is 151 g/mol. The third kappa shape index (κ3) is 2.68. The number of hydrogen-bond donors (Lipinski definition) is 2. The molecule has 0 amide bonds. The van der Waals surface area contributed by atoms with E-state index >= 15 is 0 Å². The fourth-order valence-corrected chi connectivity index (χ4v) is 1.02. The number of nitrogens with one attached hydrogen (secondary N) is 1. The smallest absolute Gasteiger partial charge is 0.0688 e. The maximum absolute atomic E-state index is 9.59. The summed E-state index contributed by atoms with van der Waals surface area (Å²) in [4.78, 5) is 0. The minimum atomic E-state index is -0.631. The molecule has 0 aliphatic heterocycles. The third-order valence-electron chi connectivity index (χ3n) is 1.71. The van der Waals surface area contributed by atoms with Gasteiger partial charge in [-0.3, -0.25) is 0 Å². The zero-order valence-corrected chi connectivity index (χ0v) is 6.67. The lowest BCUT2D eigenvalue weighted by atomic mass is 9.95. The van der Waals surface area contributed by atoms with Crippen LogP contribution < -0.4 is 0 Å². The number of allylic oxidation sites excluding steroid dienone is 2. The monoisotopic (exact) mass is 151 g/mol. The molecule has 0 fully saturated rings.